The average molecular weight is 213 g/mol. The molecule has 0 saturated heterocycles. The van der Waals surface area contributed by atoms with Gasteiger partial charge in [0.1, 0.15) is 0 Å². The molecule has 0 spiro atoms. The second kappa shape index (κ2) is 3.06. The minimum absolute atomic E-state index is 0.281. The Balaban J connectivity index is 2.85. The van der Waals surface area contributed by atoms with Crippen LogP contribution in [0.3, 0.4) is 0 Å². The highest BCUT2D eigenvalue weighted by Crippen LogP contribution is 2.31. The van der Waals surface area contributed by atoms with Crippen LogP contribution in [0.15, 0.2) is 6.20 Å². The SMILES string of the molecule is Cc1nn(OP(=O)(O)O)cc1Cl. The normalized spacial score (nSPS) is 11.7. The predicted molar refractivity (Wildman–Crippen MR) is 40.6 cm³/mol. The van der Waals surface area contributed by atoms with Gasteiger partial charge in [0, 0.05) is 0 Å². The maximum Gasteiger partial charge on any atom is 0.545 e. The van der Waals surface area contributed by atoms with E-state index in [2.05, 4.69) is 9.72 Å². The van der Waals surface area contributed by atoms with E-state index in [4.69, 9.17) is 21.4 Å². The van der Waals surface area contributed by atoms with E-state index in [-0.39, 0.29) is 5.02 Å². The van der Waals surface area contributed by atoms with E-state index in [0.29, 0.717) is 10.5 Å². The molecule has 0 fully saturated rings. The first-order chi connectivity index (χ1) is 5.38. The maximum absolute atomic E-state index is 10.3. The Hall–Kier alpha value is -0.550. The number of halogens is 1. The third-order valence-electron chi connectivity index (χ3n) is 1.01. The van der Waals surface area contributed by atoms with Crippen LogP contribution in [0.5, 0.6) is 0 Å². The lowest BCUT2D eigenvalue weighted by molar-refractivity contribution is 0.154. The molecule has 0 aliphatic rings. The van der Waals surface area contributed by atoms with Gasteiger partial charge in [-0.3, -0.25) is 14.4 Å². The summed E-state index contributed by atoms with van der Waals surface area (Å²) in [5.41, 5.74) is 0.435. The van der Waals surface area contributed by atoms with Crippen molar-refractivity contribution in [1.29, 1.82) is 0 Å². The van der Waals surface area contributed by atoms with Crippen molar-refractivity contribution in [2.45, 2.75) is 6.92 Å². The van der Waals surface area contributed by atoms with Crippen LogP contribution in [0.2, 0.25) is 5.02 Å². The van der Waals surface area contributed by atoms with E-state index < -0.39 is 7.82 Å². The van der Waals surface area contributed by atoms with Gasteiger partial charge in [-0.2, -0.15) is 0 Å². The van der Waals surface area contributed by atoms with Crippen LogP contribution in [0, 0.1) is 6.92 Å². The van der Waals surface area contributed by atoms with Gasteiger partial charge in [0.25, 0.3) is 0 Å². The topological polar surface area (TPSA) is 84.6 Å². The Morgan fingerprint density at radius 3 is 2.67 bits per heavy atom. The van der Waals surface area contributed by atoms with Gasteiger partial charge in [-0.15, -0.1) is 5.10 Å². The smallest absolute Gasteiger partial charge is 0.293 e. The molecule has 68 valence electrons. The Bertz CT molecular complexity index is 312. The van der Waals surface area contributed by atoms with Crippen molar-refractivity contribution >= 4 is 19.4 Å². The second-order valence-electron chi connectivity index (χ2n) is 2.04. The van der Waals surface area contributed by atoms with E-state index in [0.717, 1.165) is 6.20 Å². The highest BCUT2D eigenvalue weighted by atomic mass is 35.5. The lowest BCUT2D eigenvalue weighted by atomic mass is 10.5. The van der Waals surface area contributed by atoms with Crippen molar-refractivity contribution in [2.24, 2.45) is 0 Å². The number of phosphoric acid groups is 1. The Morgan fingerprint density at radius 1 is 1.75 bits per heavy atom. The maximum atomic E-state index is 10.3. The van der Waals surface area contributed by atoms with Gasteiger partial charge in [0.05, 0.1) is 16.9 Å². The molecule has 0 aliphatic carbocycles. The van der Waals surface area contributed by atoms with Gasteiger partial charge in [-0.1, -0.05) is 16.4 Å². The molecule has 1 heterocycles. The van der Waals surface area contributed by atoms with Crippen molar-refractivity contribution in [3.63, 3.8) is 0 Å². The van der Waals surface area contributed by atoms with E-state index >= 15 is 0 Å². The van der Waals surface area contributed by atoms with Crippen molar-refractivity contribution in [1.82, 2.24) is 9.94 Å². The summed E-state index contributed by atoms with van der Waals surface area (Å²) < 4.78 is 14.4. The van der Waals surface area contributed by atoms with Crippen LogP contribution >= 0.6 is 19.4 Å². The molecular weight excluding hydrogens is 206 g/mol. The van der Waals surface area contributed by atoms with Crippen LogP contribution in [0.25, 0.3) is 0 Å². The molecule has 12 heavy (non-hydrogen) atoms. The molecule has 0 amide bonds. The van der Waals surface area contributed by atoms with E-state index in [9.17, 15) is 4.57 Å². The molecule has 1 aromatic heterocycles. The molecule has 1 rings (SSSR count). The third-order valence-corrected chi connectivity index (χ3v) is 1.76. The van der Waals surface area contributed by atoms with Crippen molar-refractivity contribution < 1.29 is 19.0 Å². The molecule has 0 saturated carbocycles. The number of hydrogen-bond donors (Lipinski definition) is 2. The number of nitrogens with zero attached hydrogens (tertiary/aromatic N) is 2. The Kier molecular flexibility index (Phi) is 2.44. The highest BCUT2D eigenvalue weighted by molar-refractivity contribution is 7.46. The molecule has 0 aromatic carbocycles. The van der Waals surface area contributed by atoms with E-state index in [1.807, 2.05) is 0 Å². The summed E-state index contributed by atoms with van der Waals surface area (Å²) in [6.07, 6.45) is 1.16. The molecule has 1 aromatic rings. The molecule has 8 heteroatoms. The van der Waals surface area contributed by atoms with Crippen molar-refractivity contribution in [3.05, 3.63) is 16.9 Å². The fourth-order valence-corrected chi connectivity index (χ4v) is 0.989. The van der Waals surface area contributed by atoms with Crippen LogP contribution in [0.4, 0.5) is 0 Å². The zero-order valence-electron chi connectivity index (χ0n) is 6.01. The minimum atomic E-state index is -4.55. The molecule has 0 radical (unpaired) electrons. The van der Waals surface area contributed by atoms with Crippen LogP contribution in [-0.4, -0.2) is 19.7 Å². The Labute approximate surface area is 72.9 Å². The zero-order valence-corrected chi connectivity index (χ0v) is 7.66. The standard InChI is InChI=1S/C4H6ClN2O4P/c1-3-4(5)2-7(6-3)11-12(8,9)10/h2H,1H3,(H2,8,9,10). The van der Waals surface area contributed by atoms with Gasteiger partial charge < -0.3 is 0 Å². The first-order valence-electron chi connectivity index (χ1n) is 2.86. The van der Waals surface area contributed by atoms with Crippen LogP contribution in [0.1, 0.15) is 5.69 Å². The summed E-state index contributed by atoms with van der Waals surface area (Å²) in [4.78, 5) is 17.3. The quantitative estimate of drug-likeness (QED) is 0.692. The van der Waals surface area contributed by atoms with Gasteiger partial charge in [-0.25, -0.2) is 4.57 Å². The van der Waals surface area contributed by atoms with Crippen LogP contribution in [-0.2, 0) is 4.57 Å². The van der Waals surface area contributed by atoms with Gasteiger partial charge in [-0.05, 0) is 6.92 Å². The number of rotatable bonds is 2. The van der Waals surface area contributed by atoms with Gasteiger partial charge in [0.15, 0.2) is 0 Å². The summed E-state index contributed by atoms with van der Waals surface area (Å²) in [5, 5.41) is 3.85. The fourth-order valence-electron chi connectivity index (χ4n) is 0.566. The monoisotopic (exact) mass is 212 g/mol. The van der Waals surface area contributed by atoms with Crippen LogP contribution < -0.4 is 4.62 Å². The second-order valence-corrected chi connectivity index (χ2v) is 3.59. The summed E-state index contributed by atoms with van der Waals surface area (Å²) in [7, 11) is -4.55. The van der Waals surface area contributed by atoms with Crippen molar-refractivity contribution in [2.75, 3.05) is 0 Å². The first-order valence-corrected chi connectivity index (χ1v) is 4.77. The van der Waals surface area contributed by atoms with E-state index in [1.54, 1.807) is 6.92 Å². The highest BCUT2D eigenvalue weighted by Gasteiger charge is 2.17. The molecular formula is C4H6ClN2O4P. The fraction of sp³-hybridized carbons (Fsp3) is 0.250. The summed E-state index contributed by atoms with van der Waals surface area (Å²) >= 11 is 5.54. The number of aryl methyl sites for hydroxylation is 1. The number of aromatic nitrogens is 2. The van der Waals surface area contributed by atoms with Gasteiger partial charge >= 0.3 is 7.82 Å². The summed E-state index contributed by atoms with van der Waals surface area (Å²) in [6.45, 7) is 1.59. The lowest BCUT2D eigenvalue weighted by Crippen LogP contribution is -2.08. The minimum Gasteiger partial charge on any atom is -0.293 e. The summed E-state index contributed by atoms with van der Waals surface area (Å²) in [5.74, 6) is 0. The zero-order chi connectivity index (χ0) is 9.35. The molecule has 0 bridgehead atoms. The molecule has 6 nitrogen and oxygen atoms in total. The molecule has 0 unspecified atom stereocenters. The lowest BCUT2D eigenvalue weighted by Gasteiger charge is -2.03. The largest absolute Gasteiger partial charge is 0.545 e. The van der Waals surface area contributed by atoms with Gasteiger partial charge in [0.2, 0.25) is 0 Å². The van der Waals surface area contributed by atoms with Crippen molar-refractivity contribution in [3.8, 4) is 0 Å². The average Bonchev–Trinajstić information content (AvgIpc) is 2.07. The predicted octanol–water partition coefficient (Wildman–Crippen LogP) is 0.366. The molecule has 2 N–H and O–H groups in total. The number of hydrogen-bond acceptors (Lipinski definition) is 3. The molecule has 0 aliphatic heterocycles. The summed E-state index contributed by atoms with van der Waals surface area (Å²) in [6, 6.07) is 0. The Morgan fingerprint density at radius 2 is 2.33 bits per heavy atom. The molecule has 0 atom stereocenters. The third kappa shape index (κ3) is 2.49. The van der Waals surface area contributed by atoms with E-state index in [1.165, 1.54) is 0 Å². The first kappa shape index (κ1) is 9.54.